The number of primary amides is 1. The number of pyridine rings is 1. The summed E-state index contributed by atoms with van der Waals surface area (Å²) in [7, 11) is 0. The van der Waals surface area contributed by atoms with E-state index in [4.69, 9.17) is 21.9 Å². The van der Waals surface area contributed by atoms with Gasteiger partial charge < -0.3 is 15.2 Å². The van der Waals surface area contributed by atoms with Gasteiger partial charge in [0.05, 0.1) is 16.8 Å². The molecule has 0 saturated carbocycles. The maximum absolute atomic E-state index is 13.5. The van der Waals surface area contributed by atoms with Crippen LogP contribution >= 0.6 is 11.6 Å². The van der Waals surface area contributed by atoms with E-state index in [1.807, 2.05) is 0 Å². The number of nitrogens with two attached hydrogens (primary N) is 1. The molecule has 30 heavy (non-hydrogen) atoms. The minimum atomic E-state index is -0.590. The molecule has 9 heteroatoms. The van der Waals surface area contributed by atoms with Gasteiger partial charge in [0.2, 0.25) is 5.91 Å². The van der Waals surface area contributed by atoms with Gasteiger partial charge in [0.1, 0.15) is 11.6 Å². The van der Waals surface area contributed by atoms with Crippen molar-refractivity contribution in [3.63, 3.8) is 0 Å². The van der Waals surface area contributed by atoms with Crippen molar-refractivity contribution >= 4 is 34.3 Å². The molecule has 3 heterocycles. The largest absolute Gasteiger partial charge is 0.366 e. The van der Waals surface area contributed by atoms with Crippen molar-refractivity contribution in [2.45, 2.75) is 31.6 Å². The van der Waals surface area contributed by atoms with Crippen LogP contribution in [-0.2, 0) is 11.2 Å². The van der Waals surface area contributed by atoms with Gasteiger partial charge in [-0.05, 0) is 37.1 Å². The average molecular weight is 431 g/mol. The third-order valence-electron chi connectivity index (χ3n) is 5.42. The van der Waals surface area contributed by atoms with E-state index in [0.717, 1.165) is 0 Å². The smallest absolute Gasteiger partial charge is 0.250 e. The molecular formula is C21H20ClFN4O3. The number of rotatable bonds is 5. The molecule has 156 valence electrons. The van der Waals surface area contributed by atoms with Crippen LogP contribution in [-0.4, -0.2) is 39.9 Å². The molecule has 2 N–H and O–H groups in total. The molecule has 4 rings (SSSR count). The first kappa shape index (κ1) is 20.3. The van der Waals surface area contributed by atoms with Gasteiger partial charge in [-0.15, -0.1) is 0 Å². The number of carbonyl (C=O) groups is 2. The van der Waals surface area contributed by atoms with E-state index >= 15 is 0 Å². The quantitative estimate of drug-likeness (QED) is 0.667. The number of aromatic nitrogens is 2. The monoisotopic (exact) mass is 430 g/mol. The van der Waals surface area contributed by atoms with E-state index in [2.05, 4.69) is 10.1 Å². The fourth-order valence-corrected chi connectivity index (χ4v) is 4.02. The number of hydrogen-bond acceptors (Lipinski definition) is 5. The summed E-state index contributed by atoms with van der Waals surface area (Å²) in [5.74, 6) is -0.386. The van der Waals surface area contributed by atoms with Crippen molar-refractivity contribution in [1.82, 2.24) is 15.0 Å². The highest BCUT2D eigenvalue weighted by Crippen LogP contribution is 2.31. The number of amides is 2. The van der Waals surface area contributed by atoms with Gasteiger partial charge >= 0.3 is 0 Å². The van der Waals surface area contributed by atoms with E-state index in [1.54, 1.807) is 23.1 Å². The first-order valence-electron chi connectivity index (χ1n) is 9.69. The van der Waals surface area contributed by atoms with E-state index in [0.29, 0.717) is 66.7 Å². The molecule has 0 radical (unpaired) electrons. The SMILES string of the molecule is NC(=O)c1cc2cc(F)ccc2nc1C1CCN(C(=O)CCc2cc(Cl)no2)CC1. The number of piperidine rings is 1. The van der Waals surface area contributed by atoms with Gasteiger partial charge in [0.15, 0.2) is 5.15 Å². The zero-order valence-corrected chi connectivity index (χ0v) is 16.9. The van der Waals surface area contributed by atoms with Crippen LogP contribution in [0.5, 0.6) is 0 Å². The minimum Gasteiger partial charge on any atom is -0.366 e. The Morgan fingerprint density at radius 3 is 2.67 bits per heavy atom. The molecular weight excluding hydrogens is 411 g/mol. The summed E-state index contributed by atoms with van der Waals surface area (Å²) in [6.45, 7) is 1.12. The normalized spacial score (nSPS) is 14.9. The zero-order valence-electron chi connectivity index (χ0n) is 16.1. The van der Waals surface area contributed by atoms with E-state index in [1.165, 1.54) is 12.1 Å². The Labute approximate surface area is 177 Å². The Bertz CT molecular complexity index is 1110. The standard InChI is InChI=1S/C21H20ClFN4O3/c22-18-11-15(30-26-18)2-4-19(28)27-7-5-12(6-8-27)20-16(21(24)29)10-13-9-14(23)1-3-17(13)25-20/h1,3,9-12H,2,4-8H2,(H2,24,29). The Hall–Kier alpha value is -3.00. The lowest BCUT2D eigenvalue weighted by molar-refractivity contribution is -0.132. The number of aryl methyl sites for hydroxylation is 1. The van der Waals surface area contributed by atoms with Crippen LogP contribution in [0.25, 0.3) is 10.9 Å². The highest BCUT2D eigenvalue weighted by molar-refractivity contribution is 6.29. The molecule has 0 bridgehead atoms. The Morgan fingerprint density at radius 1 is 1.23 bits per heavy atom. The summed E-state index contributed by atoms with van der Waals surface area (Å²) >= 11 is 5.72. The summed E-state index contributed by atoms with van der Waals surface area (Å²) in [6.07, 6.45) is 2.08. The first-order valence-corrected chi connectivity index (χ1v) is 10.1. The molecule has 1 fully saturated rings. The number of fused-ring (bicyclic) bond motifs is 1. The summed E-state index contributed by atoms with van der Waals surface area (Å²) in [6, 6.07) is 7.47. The number of likely N-dealkylation sites (tertiary alicyclic amines) is 1. The number of halogens is 2. The van der Waals surface area contributed by atoms with Crippen LogP contribution in [0.1, 0.15) is 47.0 Å². The third kappa shape index (κ3) is 4.28. The van der Waals surface area contributed by atoms with Crippen molar-refractivity contribution in [1.29, 1.82) is 0 Å². The third-order valence-corrected chi connectivity index (χ3v) is 5.60. The van der Waals surface area contributed by atoms with Crippen molar-refractivity contribution in [2.75, 3.05) is 13.1 Å². The molecule has 0 unspecified atom stereocenters. The van der Waals surface area contributed by atoms with E-state index in [-0.39, 0.29) is 17.0 Å². The minimum absolute atomic E-state index is 0.000849. The number of benzene rings is 1. The Kier molecular flexibility index (Phi) is 5.67. The van der Waals surface area contributed by atoms with Gasteiger partial charge in [-0.25, -0.2) is 4.39 Å². The zero-order chi connectivity index (χ0) is 21.3. The van der Waals surface area contributed by atoms with Crippen LogP contribution in [0.15, 0.2) is 34.9 Å². The number of hydrogen-bond donors (Lipinski definition) is 1. The maximum atomic E-state index is 13.5. The maximum Gasteiger partial charge on any atom is 0.250 e. The predicted octanol–water partition coefficient (Wildman–Crippen LogP) is 3.45. The molecule has 1 aliphatic rings. The summed E-state index contributed by atoms with van der Waals surface area (Å²) < 4.78 is 18.5. The molecule has 1 aromatic carbocycles. The summed E-state index contributed by atoms with van der Waals surface area (Å²) in [5, 5.41) is 4.41. The first-order chi connectivity index (χ1) is 14.4. The van der Waals surface area contributed by atoms with E-state index in [9.17, 15) is 14.0 Å². The molecule has 1 saturated heterocycles. The van der Waals surface area contributed by atoms with Crippen LogP contribution in [0.4, 0.5) is 4.39 Å². The lowest BCUT2D eigenvalue weighted by atomic mass is 9.89. The van der Waals surface area contributed by atoms with Crippen LogP contribution in [0.2, 0.25) is 5.15 Å². The molecule has 2 amide bonds. The van der Waals surface area contributed by atoms with Crippen LogP contribution in [0.3, 0.4) is 0 Å². The molecule has 0 atom stereocenters. The second-order valence-corrected chi connectivity index (χ2v) is 7.78. The van der Waals surface area contributed by atoms with Crippen LogP contribution in [0, 0.1) is 5.82 Å². The van der Waals surface area contributed by atoms with Gasteiger partial charge in [-0.2, -0.15) is 0 Å². The molecule has 2 aromatic heterocycles. The predicted molar refractivity (Wildman–Crippen MR) is 109 cm³/mol. The summed E-state index contributed by atoms with van der Waals surface area (Å²) in [4.78, 5) is 30.9. The van der Waals surface area contributed by atoms with Crippen molar-refractivity contribution in [2.24, 2.45) is 5.73 Å². The Balaban J connectivity index is 1.45. The lowest BCUT2D eigenvalue weighted by Crippen LogP contribution is -2.38. The lowest BCUT2D eigenvalue weighted by Gasteiger charge is -2.32. The van der Waals surface area contributed by atoms with Gasteiger partial charge in [-0.1, -0.05) is 16.8 Å². The highest BCUT2D eigenvalue weighted by Gasteiger charge is 2.27. The summed E-state index contributed by atoms with van der Waals surface area (Å²) in [5.41, 5.74) is 7.09. The molecule has 3 aromatic rings. The topological polar surface area (TPSA) is 102 Å². The molecule has 1 aliphatic heterocycles. The van der Waals surface area contributed by atoms with Crippen LogP contribution < -0.4 is 5.73 Å². The van der Waals surface area contributed by atoms with Gasteiger partial charge in [0.25, 0.3) is 5.91 Å². The van der Waals surface area contributed by atoms with Crippen molar-refractivity contribution in [3.8, 4) is 0 Å². The number of carbonyl (C=O) groups excluding carboxylic acids is 2. The molecule has 0 aliphatic carbocycles. The fraction of sp³-hybridized carbons (Fsp3) is 0.333. The molecule has 7 nitrogen and oxygen atoms in total. The van der Waals surface area contributed by atoms with Gasteiger partial charge in [0, 0.05) is 43.3 Å². The highest BCUT2D eigenvalue weighted by atomic mass is 35.5. The second kappa shape index (κ2) is 8.39. The second-order valence-electron chi connectivity index (χ2n) is 7.39. The molecule has 0 spiro atoms. The average Bonchev–Trinajstić information content (AvgIpc) is 3.16. The number of nitrogens with zero attached hydrogens (tertiary/aromatic N) is 3. The Morgan fingerprint density at radius 2 is 2.00 bits per heavy atom. The van der Waals surface area contributed by atoms with Gasteiger partial charge in [-0.3, -0.25) is 14.6 Å². The van der Waals surface area contributed by atoms with E-state index < -0.39 is 11.7 Å². The fourth-order valence-electron chi connectivity index (χ4n) is 3.87. The van der Waals surface area contributed by atoms with Crippen molar-refractivity contribution < 1.29 is 18.5 Å². The van der Waals surface area contributed by atoms with Crippen molar-refractivity contribution in [3.05, 3.63) is 58.3 Å².